The van der Waals surface area contributed by atoms with Crippen LogP contribution in [-0.4, -0.2) is 41.1 Å². The summed E-state index contributed by atoms with van der Waals surface area (Å²) in [5.41, 5.74) is 0.622. The number of carbonyl (C=O) groups is 1. The van der Waals surface area contributed by atoms with Gasteiger partial charge in [-0.1, -0.05) is 6.07 Å². The van der Waals surface area contributed by atoms with Crippen molar-refractivity contribution >= 4 is 12.0 Å². The van der Waals surface area contributed by atoms with E-state index in [9.17, 15) is 13.6 Å². The van der Waals surface area contributed by atoms with Gasteiger partial charge in [0.1, 0.15) is 5.82 Å². The third-order valence-corrected chi connectivity index (χ3v) is 3.50. The lowest BCUT2D eigenvalue weighted by atomic mass is 10.2. The number of rotatable bonds is 7. The highest BCUT2D eigenvalue weighted by Crippen LogP contribution is 2.29. The molecule has 0 spiro atoms. The molecule has 1 heterocycles. The van der Waals surface area contributed by atoms with Crippen molar-refractivity contribution in [2.75, 3.05) is 14.2 Å². The molecule has 0 aliphatic heterocycles. The van der Waals surface area contributed by atoms with Gasteiger partial charge in [-0.15, -0.1) is 0 Å². The fraction of sp³-hybridized carbons (Fsp3) is 0.294. The van der Waals surface area contributed by atoms with Crippen LogP contribution in [-0.2, 0) is 18.4 Å². The Morgan fingerprint density at radius 2 is 2.16 bits per heavy atom. The Balaban J connectivity index is 2.05. The number of hydrogen-bond donors (Lipinski definition) is 0. The van der Waals surface area contributed by atoms with Gasteiger partial charge in [0.2, 0.25) is 5.91 Å². The van der Waals surface area contributed by atoms with Gasteiger partial charge in [0, 0.05) is 32.6 Å². The Bertz CT molecular complexity index is 759. The second kappa shape index (κ2) is 8.27. The number of halogens is 2. The Morgan fingerprint density at radius 3 is 2.76 bits per heavy atom. The van der Waals surface area contributed by atoms with Gasteiger partial charge in [-0.3, -0.25) is 4.79 Å². The van der Waals surface area contributed by atoms with Crippen LogP contribution in [0.15, 0.2) is 36.7 Å². The quantitative estimate of drug-likeness (QED) is 0.720. The third-order valence-electron chi connectivity index (χ3n) is 3.50. The molecule has 25 heavy (non-hydrogen) atoms. The first kappa shape index (κ1) is 18.4. The summed E-state index contributed by atoms with van der Waals surface area (Å²) in [6.07, 6.45) is 6.44. The van der Waals surface area contributed by atoms with Gasteiger partial charge >= 0.3 is 6.61 Å². The van der Waals surface area contributed by atoms with Crippen LogP contribution in [0.5, 0.6) is 11.5 Å². The number of amides is 1. The van der Waals surface area contributed by atoms with Crippen LogP contribution in [0.25, 0.3) is 6.08 Å². The molecule has 1 aromatic carbocycles. The van der Waals surface area contributed by atoms with E-state index >= 15 is 0 Å². The minimum absolute atomic E-state index is 0.0622. The van der Waals surface area contributed by atoms with Crippen molar-refractivity contribution in [1.82, 2.24) is 14.5 Å². The summed E-state index contributed by atoms with van der Waals surface area (Å²) in [6.45, 7) is -2.56. The zero-order valence-corrected chi connectivity index (χ0v) is 14.1. The fourth-order valence-electron chi connectivity index (χ4n) is 2.11. The second-order valence-corrected chi connectivity index (χ2v) is 5.27. The number of carbonyl (C=O) groups excluding carboxylic acids is 1. The molecule has 0 atom stereocenters. The molecule has 134 valence electrons. The smallest absolute Gasteiger partial charge is 0.387 e. The molecule has 0 bridgehead atoms. The standard InChI is InChI=1S/C17H19F2N3O3/c1-21-9-8-20-15(21)11-22(2)16(23)7-5-12-4-6-13(25-17(18)19)14(10-12)24-3/h4-10,17H,11H2,1-3H3. The predicted molar refractivity (Wildman–Crippen MR) is 88.3 cm³/mol. The average Bonchev–Trinajstić information content (AvgIpc) is 2.97. The third kappa shape index (κ3) is 5.03. The van der Waals surface area contributed by atoms with E-state index in [1.54, 1.807) is 31.6 Å². The highest BCUT2D eigenvalue weighted by atomic mass is 19.3. The van der Waals surface area contributed by atoms with Crippen molar-refractivity contribution < 1.29 is 23.0 Å². The summed E-state index contributed by atoms with van der Waals surface area (Å²) in [7, 11) is 4.88. The number of likely N-dealkylation sites (N-methyl/N-ethyl adjacent to an activating group) is 1. The Hall–Kier alpha value is -2.90. The van der Waals surface area contributed by atoms with E-state index in [1.807, 2.05) is 11.6 Å². The molecule has 6 nitrogen and oxygen atoms in total. The van der Waals surface area contributed by atoms with Crippen molar-refractivity contribution in [3.63, 3.8) is 0 Å². The Labute approximate surface area is 144 Å². The Morgan fingerprint density at radius 1 is 1.40 bits per heavy atom. The lowest BCUT2D eigenvalue weighted by Gasteiger charge is -2.14. The molecule has 0 radical (unpaired) electrons. The van der Waals surface area contributed by atoms with E-state index in [2.05, 4.69) is 9.72 Å². The van der Waals surface area contributed by atoms with Crippen LogP contribution in [0, 0.1) is 0 Å². The van der Waals surface area contributed by atoms with Gasteiger partial charge in [0.05, 0.1) is 13.7 Å². The van der Waals surface area contributed by atoms with Gasteiger partial charge in [0.25, 0.3) is 0 Å². The normalized spacial score (nSPS) is 11.1. The fourth-order valence-corrected chi connectivity index (χ4v) is 2.11. The van der Waals surface area contributed by atoms with E-state index in [1.165, 1.54) is 30.2 Å². The van der Waals surface area contributed by atoms with E-state index in [4.69, 9.17) is 4.74 Å². The van der Waals surface area contributed by atoms with E-state index in [0.29, 0.717) is 12.1 Å². The second-order valence-electron chi connectivity index (χ2n) is 5.27. The highest BCUT2D eigenvalue weighted by Gasteiger charge is 2.11. The summed E-state index contributed by atoms with van der Waals surface area (Å²) < 4.78 is 35.8. The van der Waals surface area contributed by atoms with Gasteiger partial charge in [-0.05, 0) is 23.8 Å². The molecular weight excluding hydrogens is 332 g/mol. The zero-order valence-electron chi connectivity index (χ0n) is 14.1. The molecule has 0 aliphatic carbocycles. The molecule has 2 rings (SSSR count). The van der Waals surface area contributed by atoms with Crippen molar-refractivity contribution in [2.45, 2.75) is 13.2 Å². The number of nitrogens with zero attached hydrogens (tertiary/aromatic N) is 3. The molecule has 0 fully saturated rings. The topological polar surface area (TPSA) is 56.6 Å². The van der Waals surface area contributed by atoms with Crippen LogP contribution >= 0.6 is 0 Å². The highest BCUT2D eigenvalue weighted by molar-refractivity contribution is 5.91. The molecule has 0 saturated carbocycles. The predicted octanol–water partition coefficient (Wildman–Crippen LogP) is 2.70. The molecule has 0 aliphatic rings. The van der Waals surface area contributed by atoms with Crippen molar-refractivity contribution in [3.8, 4) is 11.5 Å². The summed E-state index contributed by atoms with van der Waals surface area (Å²) in [5, 5.41) is 0. The summed E-state index contributed by atoms with van der Waals surface area (Å²) >= 11 is 0. The maximum atomic E-state index is 12.3. The molecule has 2 aromatic rings. The minimum atomic E-state index is -2.93. The van der Waals surface area contributed by atoms with E-state index in [0.717, 1.165) is 5.82 Å². The van der Waals surface area contributed by atoms with Gasteiger partial charge in [-0.25, -0.2) is 4.98 Å². The van der Waals surface area contributed by atoms with Gasteiger partial charge < -0.3 is 18.9 Å². The maximum absolute atomic E-state index is 12.3. The lowest BCUT2D eigenvalue weighted by molar-refractivity contribution is -0.125. The minimum Gasteiger partial charge on any atom is -0.493 e. The molecule has 0 N–H and O–H groups in total. The van der Waals surface area contributed by atoms with E-state index < -0.39 is 6.61 Å². The van der Waals surface area contributed by atoms with E-state index in [-0.39, 0.29) is 17.4 Å². The van der Waals surface area contributed by atoms with Crippen molar-refractivity contribution in [1.29, 1.82) is 0 Å². The first-order valence-corrected chi connectivity index (χ1v) is 7.43. The number of hydrogen-bond acceptors (Lipinski definition) is 4. The van der Waals surface area contributed by atoms with Crippen molar-refractivity contribution in [2.24, 2.45) is 7.05 Å². The van der Waals surface area contributed by atoms with Gasteiger partial charge in [0.15, 0.2) is 11.5 Å². The number of aromatic nitrogens is 2. The number of benzene rings is 1. The molecular formula is C17H19F2N3O3. The lowest BCUT2D eigenvalue weighted by Crippen LogP contribution is -2.25. The number of aryl methyl sites for hydroxylation is 1. The number of alkyl halides is 2. The van der Waals surface area contributed by atoms with Crippen molar-refractivity contribution in [3.05, 3.63) is 48.1 Å². The van der Waals surface area contributed by atoms with Crippen LogP contribution in [0.3, 0.4) is 0 Å². The van der Waals surface area contributed by atoms with Crippen LogP contribution in [0.2, 0.25) is 0 Å². The molecule has 8 heteroatoms. The first-order chi connectivity index (χ1) is 11.9. The number of imidazole rings is 1. The molecule has 0 unspecified atom stereocenters. The number of ether oxygens (including phenoxy) is 2. The molecule has 1 aromatic heterocycles. The first-order valence-electron chi connectivity index (χ1n) is 7.43. The van der Waals surface area contributed by atoms with Crippen LogP contribution in [0.1, 0.15) is 11.4 Å². The summed E-state index contributed by atoms with van der Waals surface area (Å²) in [6, 6.07) is 4.44. The Kier molecular flexibility index (Phi) is 6.10. The maximum Gasteiger partial charge on any atom is 0.387 e. The largest absolute Gasteiger partial charge is 0.493 e. The van der Waals surface area contributed by atoms with Gasteiger partial charge in [-0.2, -0.15) is 8.78 Å². The summed E-state index contributed by atoms with van der Waals surface area (Å²) in [5.74, 6) is 0.651. The summed E-state index contributed by atoms with van der Waals surface area (Å²) in [4.78, 5) is 17.9. The van der Waals surface area contributed by atoms with Crippen LogP contribution in [0.4, 0.5) is 8.78 Å². The SMILES string of the molecule is COc1cc(C=CC(=O)N(C)Cc2nccn2C)ccc1OC(F)F. The van der Waals surface area contributed by atoms with Crippen LogP contribution < -0.4 is 9.47 Å². The monoisotopic (exact) mass is 351 g/mol. The molecule has 1 amide bonds. The molecule has 0 saturated heterocycles. The average molecular weight is 351 g/mol. The number of methoxy groups -OCH3 is 1. The zero-order chi connectivity index (χ0) is 18.4.